The highest BCUT2D eigenvalue weighted by molar-refractivity contribution is 5.74. The van der Waals surface area contributed by atoms with Gasteiger partial charge in [0.1, 0.15) is 5.75 Å². The van der Waals surface area contributed by atoms with Crippen LogP contribution < -0.4 is 15.4 Å². The van der Waals surface area contributed by atoms with Crippen molar-refractivity contribution < 1.29 is 9.53 Å². The van der Waals surface area contributed by atoms with Crippen LogP contribution in [0.15, 0.2) is 48.8 Å². The van der Waals surface area contributed by atoms with E-state index in [9.17, 15) is 4.79 Å². The highest BCUT2D eigenvalue weighted by Crippen LogP contribution is 2.13. The van der Waals surface area contributed by atoms with E-state index >= 15 is 0 Å². The number of aryl methyl sites for hydroxylation is 2. The Bertz CT molecular complexity index is 674. The van der Waals surface area contributed by atoms with Crippen LogP contribution in [0.25, 0.3) is 0 Å². The summed E-state index contributed by atoms with van der Waals surface area (Å²) < 4.78 is 5.17. The normalized spacial score (nSPS) is 12.9. The molecule has 0 aliphatic heterocycles. The lowest BCUT2D eigenvalue weighted by molar-refractivity contribution is 0.233. The number of benzene rings is 1. The number of amides is 2. The SMILES string of the molecule is COc1ccc(CCC(C)NC(=O)NC(C)CCCc2cccnc2)cc1. The van der Waals surface area contributed by atoms with Gasteiger partial charge >= 0.3 is 6.03 Å². The second-order valence-electron chi connectivity index (χ2n) is 7.06. The van der Waals surface area contributed by atoms with Gasteiger partial charge in [0.2, 0.25) is 0 Å². The van der Waals surface area contributed by atoms with E-state index < -0.39 is 0 Å². The van der Waals surface area contributed by atoms with Gasteiger partial charge in [0.05, 0.1) is 7.11 Å². The van der Waals surface area contributed by atoms with Crippen molar-refractivity contribution in [2.24, 2.45) is 0 Å². The van der Waals surface area contributed by atoms with Gasteiger partial charge in [-0.1, -0.05) is 18.2 Å². The Balaban J connectivity index is 1.61. The van der Waals surface area contributed by atoms with Crippen molar-refractivity contribution >= 4 is 6.03 Å². The number of rotatable bonds is 10. The number of urea groups is 1. The van der Waals surface area contributed by atoms with E-state index in [-0.39, 0.29) is 18.1 Å². The summed E-state index contributed by atoms with van der Waals surface area (Å²) >= 11 is 0. The number of ether oxygens (including phenoxy) is 1. The third kappa shape index (κ3) is 8.11. The molecule has 2 aromatic rings. The van der Waals surface area contributed by atoms with E-state index in [0.717, 1.165) is 37.9 Å². The Labute approximate surface area is 162 Å². The molecule has 0 aliphatic rings. The van der Waals surface area contributed by atoms with Gasteiger partial charge in [0, 0.05) is 24.5 Å². The number of nitrogens with zero attached hydrogens (tertiary/aromatic N) is 1. The van der Waals surface area contributed by atoms with Crippen molar-refractivity contribution in [2.45, 2.75) is 58.0 Å². The summed E-state index contributed by atoms with van der Waals surface area (Å²) in [6, 6.07) is 12.3. The van der Waals surface area contributed by atoms with Gasteiger partial charge in [0.15, 0.2) is 0 Å². The second kappa shape index (κ2) is 11.2. The maximum absolute atomic E-state index is 12.1. The molecule has 0 saturated carbocycles. The van der Waals surface area contributed by atoms with Gasteiger partial charge in [-0.25, -0.2) is 4.79 Å². The van der Waals surface area contributed by atoms with Crippen LogP contribution in [0, 0.1) is 0 Å². The highest BCUT2D eigenvalue weighted by atomic mass is 16.5. The summed E-state index contributed by atoms with van der Waals surface area (Å²) in [6.07, 6.45) is 8.47. The lowest BCUT2D eigenvalue weighted by Crippen LogP contribution is -2.44. The molecule has 0 aliphatic carbocycles. The van der Waals surface area contributed by atoms with Crippen LogP contribution in [-0.4, -0.2) is 30.2 Å². The quantitative estimate of drug-likeness (QED) is 0.662. The Morgan fingerprint density at radius 1 is 1.00 bits per heavy atom. The Hall–Kier alpha value is -2.56. The molecule has 0 fully saturated rings. The van der Waals surface area contributed by atoms with E-state index in [2.05, 4.69) is 33.8 Å². The average Bonchev–Trinajstić information content (AvgIpc) is 2.67. The molecule has 1 aromatic carbocycles. The minimum Gasteiger partial charge on any atom is -0.497 e. The summed E-state index contributed by atoms with van der Waals surface area (Å²) in [5, 5.41) is 6.06. The molecule has 5 heteroatoms. The van der Waals surface area contributed by atoms with E-state index in [4.69, 9.17) is 4.74 Å². The zero-order valence-electron chi connectivity index (χ0n) is 16.6. The van der Waals surface area contributed by atoms with Crippen molar-refractivity contribution in [3.05, 3.63) is 59.9 Å². The maximum atomic E-state index is 12.1. The fraction of sp³-hybridized carbons (Fsp3) is 0.455. The molecule has 2 N–H and O–H groups in total. The zero-order valence-corrected chi connectivity index (χ0v) is 16.6. The van der Waals surface area contributed by atoms with Gasteiger partial charge < -0.3 is 15.4 Å². The summed E-state index contributed by atoms with van der Waals surface area (Å²) in [7, 11) is 1.67. The van der Waals surface area contributed by atoms with Gasteiger partial charge in [0.25, 0.3) is 0 Å². The van der Waals surface area contributed by atoms with E-state index in [1.165, 1.54) is 11.1 Å². The van der Waals surface area contributed by atoms with E-state index in [1.807, 2.05) is 38.2 Å². The van der Waals surface area contributed by atoms with Crippen molar-refractivity contribution in [1.29, 1.82) is 0 Å². The molecule has 0 saturated heterocycles. The molecule has 1 aromatic heterocycles. The smallest absolute Gasteiger partial charge is 0.315 e. The third-order valence-electron chi connectivity index (χ3n) is 4.61. The Morgan fingerprint density at radius 3 is 2.33 bits per heavy atom. The van der Waals surface area contributed by atoms with Crippen LogP contribution in [0.4, 0.5) is 4.79 Å². The predicted molar refractivity (Wildman–Crippen MR) is 109 cm³/mol. The van der Waals surface area contributed by atoms with Gasteiger partial charge in [-0.2, -0.15) is 0 Å². The minimum atomic E-state index is -0.0916. The molecular weight excluding hydrogens is 338 g/mol. The predicted octanol–water partition coefficient (Wildman–Crippen LogP) is 4.12. The van der Waals surface area contributed by atoms with Crippen molar-refractivity contribution in [2.75, 3.05) is 7.11 Å². The fourth-order valence-electron chi connectivity index (χ4n) is 2.97. The summed E-state index contributed by atoms with van der Waals surface area (Å²) in [5.74, 6) is 0.863. The Morgan fingerprint density at radius 2 is 1.70 bits per heavy atom. The number of hydrogen-bond acceptors (Lipinski definition) is 3. The molecule has 27 heavy (non-hydrogen) atoms. The second-order valence-corrected chi connectivity index (χ2v) is 7.06. The first kappa shape index (κ1) is 20.7. The third-order valence-corrected chi connectivity index (χ3v) is 4.61. The maximum Gasteiger partial charge on any atom is 0.315 e. The summed E-state index contributed by atoms with van der Waals surface area (Å²) in [5.41, 5.74) is 2.48. The molecular formula is C22H31N3O2. The number of methoxy groups -OCH3 is 1. The fourth-order valence-corrected chi connectivity index (χ4v) is 2.97. The monoisotopic (exact) mass is 369 g/mol. The molecule has 5 nitrogen and oxygen atoms in total. The van der Waals surface area contributed by atoms with Crippen molar-refractivity contribution in [3.63, 3.8) is 0 Å². The highest BCUT2D eigenvalue weighted by Gasteiger charge is 2.10. The number of hydrogen-bond donors (Lipinski definition) is 2. The number of carbonyl (C=O) groups is 1. The topological polar surface area (TPSA) is 63.2 Å². The lowest BCUT2D eigenvalue weighted by atomic mass is 10.1. The number of aromatic nitrogens is 1. The first-order valence-corrected chi connectivity index (χ1v) is 9.65. The van der Waals surface area contributed by atoms with E-state index in [1.54, 1.807) is 13.3 Å². The first-order valence-electron chi connectivity index (χ1n) is 9.65. The lowest BCUT2D eigenvalue weighted by Gasteiger charge is -2.18. The molecule has 2 atom stereocenters. The summed E-state index contributed by atoms with van der Waals surface area (Å²) in [4.78, 5) is 16.3. The number of nitrogens with one attached hydrogen (secondary N) is 2. The van der Waals surface area contributed by atoms with Crippen molar-refractivity contribution in [1.82, 2.24) is 15.6 Å². The Kier molecular flexibility index (Phi) is 8.62. The van der Waals surface area contributed by atoms with Gasteiger partial charge in [-0.3, -0.25) is 4.98 Å². The molecule has 2 amide bonds. The van der Waals surface area contributed by atoms with Crippen LogP contribution in [0.5, 0.6) is 5.75 Å². The molecule has 2 unspecified atom stereocenters. The van der Waals surface area contributed by atoms with Crippen LogP contribution in [-0.2, 0) is 12.8 Å². The molecule has 2 rings (SSSR count). The number of carbonyl (C=O) groups excluding carboxylic acids is 1. The van der Waals surface area contributed by atoms with E-state index in [0.29, 0.717) is 0 Å². The summed E-state index contributed by atoms with van der Waals surface area (Å²) in [6.45, 7) is 4.08. The molecule has 146 valence electrons. The molecule has 0 radical (unpaired) electrons. The van der Waals surface area contributed by atoms with Gasteiger partial charge in [-0.05, 0) is 75.3 Å². The minimum absolute atomic E-state index is 0.0916. The van der Waals surface area contributed by atoms with Crippen LogP contribution in [0.2, 0.25) is 0 Å². The average molecular weight is 370 g/mol. The largest absolute Gasteiger partial charge is 0.497 e. The number of pyridine rings is 1. The van der Waals surface area contributed by atoms with Crippen molar-refractivity contribution in [3.8, 4) is 5.75 Å². The van der Waals surface area contributed by atoms with Crippen LogP contribution in [0.3, 0.4) is 0 Å². The standard InChI is InChI=1S/C22H31N3O2/c1-17(6-4-7-20-8-5-15-23-16-20)24-22(26)25-18(2)9-10-19-11-13-21(27-3)14-12-19/h5,8,11-18H,4,6-7,9-10H2,1-3H3,(H2,24,25,26). The molecule has 0 bridgehead atoms. The molecule has 0 spiro atoms. The van der Waals surface area contributed by atoms with Gasteiger partial charge in [-0.15, -0.1) is 0 Å². The van der Waals surface area contributed by atoms with Crippen LogP contribution in [0.1, 0.15) is 44.2 Å². The zero-order chi connectivity index (χ0) is 19.5. The molecule has 1 heterocycles. The van der Waals surface area contributed by atoms with Crippen LogP contribution >= 0.6 is 0 Å². The first-order chi connectivity index (χ1) is 13.1.